The number of ether oxygens (including phenoxy) is 2. The normalized spacial score (nSPS) is 16.4. The number of aryl methyl sites for hydroxylation is 1. The number of thiophene rings is 1. The molecule has 0 aliphatic carbocycles. The van der Waals surface area contributed by atoms with Crippen LogP contribution in [0.1, 0.15) is 24.6 Å². The zero-order chi connectivity index (χ0) is 22.0. The van der Waals surface area contributed by atoms with E-state index in [0.717, 1.165) is 41.8 Å². The van der Waals surface area contributed by atoms with E-state index in [4.69, 9.17) is 21.1 Å². The molecule has 2 aromatic heterocycles. The number of nitrogens with one attached hydrogen (secondary N) is 1. The summed E-state index contributed by atoms with van der Waals surface area (Å²) in [5, 5.41) is 4.46. The molecule has 4 rings (SSSR count). The molecule has 0 bridgehead atoms. The lowest BCUT2D eigenvalue weighted by Crippen LogP contribution is -2.41. The van der Waals surface area contributed by atoms with Gasteiger partial charge in [-0.25, -0.2) is 9.97 Å². The fourth-order valence-electron chi connectivity index (χ4n) is 3.90. The second kappa shape index (κ2) is 9.28. The van der Waals surface area contributed by atoms with Crippen molar-refractivity contribution in [3.8, 4) is 11.5 Å². The number of carbonyl (C=O) groups is 1. The van der Waals surface area contributed by atoms with Crippen molar-refractivity contribution < 1.29 is 14.3 Å². The summed E-state index contributed by atoms with van der Waals surface area (Å²) in [5.41, 5.74) is 0.533. The zero-order valence-corrected chi connectivity index (χ0v) is 19.3. The van der Waals surface area contributed by atoms with Crippen molar-refractivity contribution in [2.45, 2.75) is 26.2 Å². The number of hydrogen-bond acceptors (Lipinski definition) is 7. The van der Waals surface area contributed by atoms with Crippen LogP contribution in [0.4, 0.5) is 11.5 Å². The van der Waals surface area contributed by atoms with Crippen LogP contribution in [0.5, 0.6) is 11.5 Å². The fourth-order valence-corrected chi connectivity index (χ4v) is 5.07. The van der Waals surface area contributed by atoms with E-state index >= 15 is 0 Å². The van der Waals surface area contributed by atoms with Gasteiger partial charge in [-0.2, -0.15) is 0 Å². The van der Waals surface area contributed by atoms with Crippen molar-refractivity contribution in [1.82, 2.24) is 9.97 Å². The Morgan fingerprint density at radius 2 is 2.06 bits per heavy atom. The van der Waals surface area contributed by atoms with Crippen LogP contribution in [0.3, 0.4) is 0 Å². The summed E-state index contributed by atoms with van der Waals surface area (Å²) in [6.45, 7) is 3.60. The lowest BCUT2D eigenvalue weighted by atomic mass is 9.96. The number of amides is 1. The molecule has 1 aromatic carbocycles. The van der Waals surface area contributed by atoms with Gasteiger partial charge < -0.3 is 19.7 Å². The monoisotopic (exact) mass is 460 g/mol. The Morgan fingerprint density at radius 1 is 1.26 bits per heavy atom. The average molecular weight is 461 g/mol. The van der Waals surface area contributed by atoms with Gasteiger partial charge in [-0.15, -0.1) is 11.3 Å². The first-order valence-corrected chi connectivity index (χ1v) is 11.4. The number of hydrogen-bond donors (Lipinski definition) is 1. The molecule has 0 radical (unpaired) electrons. The number of nitrogens with zero attached hydrogens (tertiary/aromatic N) is 3. The minimum absolute atomic E-state index is 0.0610. The molecule has 164 valence electrons. The van der Waals surface area contributed by atoms with Gasteiger partial charge in [0.05, 0.1) is 36.2 Å². The maximum Gasteiger partial charge on any atom is 0.229 e. The second-order valence-corrected chi connectivity index (χ2v) is 8.97. The Bertz CT molecular complexity index is 1100. The lowest BCUT2D eigenvalue weighted by molar-refractivity contribution is -0.120. The third-order valence-corrected chi connectivity index (χ3v) is 7.01. The second-order valence-electron chi connectivity index (χ2n) is 7.44. The van der Waals surface area contributed by atoms with E-state index in [0.29, 0.717) is 28.8 Å². The van der Waals surface area contributed by atoms with Crippen LogP contribution < -0.4 is 19.7 Å². The predicted molar refractivity (Wildman–Crippen MR) is 125 cm³/mol. The molecular weight excluding hydrogens is 436 g/mol. The van der Waals surface area contributed by atoms with Gasteiger partial charge in [-0.3, -0.25) is 4.79 Å². The number of rotatable bonds is 6. The number of halogens is 1. The van der Waals surface area contributed by atoms with E-state index in [9.17, 15) is 4.79 Å². The Morgan fingerprint density at radius 3 is 2.81 bits per heavy atom. The largest absolute Gasteiger partial charge is 0.495 e. The first-order valence-electron chi connectivity index (χ1n) is 10.2. The number of benzene rings is 1. The van der Waals surface area contributed by atoms with Crippen LogP contribution in [0.25, 0.3) is 10.2 Å². The highest BCUT2D eigenvalue weighted by molar-refractivity contribution is 7.18. The molecule has 1 aliphatic rings. The molecule has 1 unspecified atom stereocenters. The number of fused-ring (bicyclic) bond motifs is 1. The van der Waals surface area contributed by atoms with Crippen LogP contribution in [0.15, 0.2) is 24.5 Å². The summed E-state index contributed by atoms with van der Waals surface area (Å²) in [6.07, 6.45) is 4.31. The standard InChI is InChI=1S/C22H25ClN4O3S/c1-4-14-8-15-20(24-12-25-22(15)31-14)27-7-5-6-13(11-27)21(28)26-17-9-16(23)18(29-2)10-19(17)30-3/h8-10,12-13H,4-7,11H2,1-3H3,(H,26,28). The number of carbonyl (C=O) groups excluding carboxylic acids is 1. The summed E-state index contributed by atoms with van der Waals surface area (Å²) in [4.78, 5) is 26.5. The summed E-state index contributed by atoms with van der Waals surface area (Å²) >= 11 is 7.95. The van der Waals surface area contributed by atoms with Gasteiger partial charge in [-0.05, 0) is 31.4 Å². The summed E-state index contributed by atoms with van der Waals surface area (Å²) in [6, 6.07) is 5.50. The SMILES string of the molecule is CCc1cc2c(N3CCCC(C(=O)Nc4cc(Cl)c(OC)cc4OC)C3)ncnc2s1. The first-order chi connectivity index (χ1) is 15.0. The van der Waals surface area contributed by atoms with Crippen LogP contribution in [-0.2, 0) is 11.2 Å². The van der Waals surface area contributed by atoms with Crippen LogP contribution >= 0.6 is 22.9 Å². The van der Waals surface area contributed by atoms with Crippen molar-refractivity contribution in [3.63, 3.8) is 0 Å². The molecule has 7 nitrogen and oxygen atoms in total. The van der Waals surface area contributed by atoms with Crippen molar-refractivity contribution >= 4 is 50.6 Å². The molecule has 0 spiro atoms. The molecule has 1 fully saturated rings. The molecular formula is C22H25ClN4O3S. The van der Waals surface area contributed by atoms with Crippen molar-refractivity contribution in [2.75, 3.05) is 37.5 Å². The molecule has 31 heavy (non-hydrogen) atoms. The van der Waals surface area contributed by atoms with Gasteiger partial charge in [0, 0.05) is 24.0 Å². The molecule has 9 heteroatoms. The van der Waals surface area contributed by atoms with E-state index in [-0.39, 0.29) is 11.8 Å². The van der Waals surface area contributed by atoms with E-state index in [2.05, 4.69) is 33.2 Å². The van der Waals surface area contributed by atoms with Gasteiger partial charge in [-0.1, -0.05) is 18.5 Å². The van der Waals surface area contributed by atoms with Crippen LogP contribution in [0, 0.1) is 5.92 Å². The molecule has 1 atom stereocenters. The summed E-state index contributed by atoms with van der Waals surface area (Å²) in [7, 11) is 3.09. The number of aromatic nitrogens is 2. The lowest BCUT2D eigenvalue weighted by Gasteiger charge is -2.33. The third-order valence-electron chi connectivity index (χ3n) is 5.53. The van der Waals surface area contributed by atoms with Crippen molar-refractivity contribution in [2.24, 2.45) is 5.92 Å². The minimum Gasteiger partial charge on any atom is -0.495 e. The van der Waals surface area contributed by atoms with Gasteiger partial charge in [0.2, 0.25) is 5.91 Å². The maximum atomic E-state index is 13.1. The Kier molecular flexibility index (Phi) is 6.48. The third kappa shape index (κ3) is 4.41. The fraction of sp³-hybridized carbons (Fsp3) is 0.409. The highest BCUT2D eigenvalue weighted by Crippen LogP contribution is 2.37. The maximum absolute atomic E-state index is 13.1. The van der Waals surface area contributed by atoms with Gasteiger partial charge >= 0.3 is 0 Å². The molecule has 0 saturated carbocycles. The van der Waals surface area contributed by atoms with E-state index in [1.807, 2.05) is 0 Å². The first kappa shape index (κ1) is 21.6. The predicted octanol–water partition coefficient (Wildman–Crippen LogP) is 4.78. The summed E-state index contributed by atoms with van der Waals surface area (Å²) in [5.74, 6) is 1.67. The van der Waals surface area contributed by atoms with Crippen LogP contribution in [-0.4, -0.2) is 43.2 Å². The highest BCUT2D eigenvalue weighted by atomic mass is 35.5. The topological polar surface area (TPSA) is 76.6 Å². The molecule has 1 N–H and O–H groups in total. The Balaban J connectivity index is 1.54. The average Bonchev–Trinajstić information content (AvgIpc) is 3.23. The Hall–Kier alpha value is -2.58. The zero-order valence-electron chi connectivity index (χ0n) is 17.8. The highest BCUT2D eigenvalue weighted by Gasteiger charge is 2.28. The van der Waals surface area contributed by atoms with Gasteiger partial charge in [0.1, 0.15) is 28.5 Å². The minimum atomic E-state index is -0.173. The Labute approximate surface area is 190 Å². The molecule has 1 amide bonds. The smallest absolute Gasteiger partial charge is 0.229 e. The van der Waals surface area contributed by atoms with Gasteiger partial charge in [0.25, 0.3) is 0 Å². The van der Waals surface area contributed by atoms with Crippen molar-refractivity contribution in [3.05, 3.63) is 34.4 Å². The van der Waals surface area contributed by atoms with E-state index in [1.165, 1.54) is 12.0 Å². The molecule has 3 aromatic rings. The quantitative estimate of drug-likeness (QED) is 0.570. The van der Waals surface area contributed by atoms with Crippen molar-refractivity contribution in [1.29, 1.82) is 0 Å². The van der Waals surface area contributed by atoms with E-state index in [1.54, 1.807) is 36.9 Å². The summed E-state index contributed by atoms with van der Waals surface area (Å²) < 4.78 is 10.6. The number of anilines is 2. The number of methoxy groups -OCH3 is 2. The molecule has 1 saturated heterocycles. The molecule has 1 aliphatic heterocycles. The number of piperidine rings is 1. The molecule has 3 heterocycles. The van der Waals surface area contributed by atoms with Gasteiger partial charge in [0.15, 0.2) is 0 Å². The van der Waals surface area contributed by atoms with Crippen LogP contribution in [0.2, 0.25) is 5.02 Å². The van der Waals surface area contributed by atoms with E-state index < -0.39 is 0 Å².